The Kier molecular flexibility index (Phi) is 4.22. The van der Waals surface area contributed by atoms with Crippen molar-refractivity contribution in [1.29, 1.82) is 0 Å². The first-order valence-corrected chi connectivity index (χ1v) is 9.17. The van der Waals surface area contributed by atoms with E-state index in [4.69, 9.17) is 0 Å². The van der Waals surface area contributed by atoms with Gasteiger partial charge in [0.2, 0.25) is 0 Å². The molecule has 0 aliphatic carbocycles. The lowest BCUT2D eigenvalue weighted by Crippen LogP contribution is -2.39. The summed E-state index contributed by atoms with van der Waals surface area (Å²) in [5, 5.41) is 3.58. The number of anilines is 1. The Morgan fingerprint density at radius 3 is 2.50 bits per heavy atom. The zero-order valence-electron chi connectivity index (χ0n) is 14.1. The zero-order valence-corrected chi connectivity index (χ0v) is 14.9. The predicted molar refractivity (Wildman–Crippen MR) is 104 cm³/mol. The van der Waals surface area contributed by atoms with Gasteiger partial charge in [-0.05, 0) is 17.5 Å². The monoisotopic (exact) mass is 360 g/mol. The molecule has 1 atom stereocenters. The van der Waals surface area contributed by atoms with Crippen LogP contribution in [0.3, 0.4) is 0 Å². The maximum absolute atomic E-state index is 13.0. The number of Topliss-reactive ketones (excluding diaryl/α,β-unsaturated/α-hetero) is 1. The van der Waals surface area contributed by atoms with Gasteiger partial charge in [0, 0.05) is 29.1 Å². The molecule has 0 saturated heterocycles. The number of amides is 1. The maximum atomic E-state index is 13.0. The molecule has 0 N–H and O–H groups in total. The normalized spacial score (nSPS) is 16.7. The van der Waals surface area contributed by atoms with Crippen molar-refractivity contribution in [3.05, 3.63) is 88.1 Å². The number of nitrogens with zero attached hydrogens (tertiary/aromatic N) is 2. The molecule has 1 unspecified atom stereocenters. The van der Waals surface area contributed by atoms with E-state index in [0.717, 1.165) is 16.8 Å². The van der Waals surface area contributed by atoms with Crippen LogP contribution in [0.25, 0.3) is 0 Å². The van der Waals surface area contributed by atoms with Crippen molar-refractivity contribution in [2.45, 2.75) is 6.04 Å². The predicted octanol–water partition coefficient (Wildman–Crippen LogP) is 3.81. The fourth-order valence-electron chi connectivity index (χ4n) is 3.08. The highest BCUT2D eigenvalue weighted by molar-refractivity contribution is 7.08. The number of para-hydroxylation sites is 1. The van der Waals surface area contributed by atoms with Crippen LogP contribution in [0.5, 0.6) is 0 Å². The highest BCUT2D eigenvalue weighted by atomic mass is 32.1. The van der Waals surface area contributed by atoms with E-state index in [1.807, 2.05) is 60.0 Å². The fourth-order valence-corrected chi connectivity index (χ4v) is 3.73. The van der Waals surface area contributed by atoms with Crippen molar-refractivity contribution in [3.63, 3.8) is 0 Å². The molecule has 1 aliphatic heterocycles. The lowest BCUT2D eigenvalue weighted by Gasteiger charge is -2.19. The van der Waals surface area contributed by atoms with Gasteiger partial charge in [0.25, 0.3) is 5.91 Å². The lowest BCUT2D eigenvalue weighted by molar-refractivity contribution is -0.118. The SMILES string of the molecule is CN1C(=O)C(C(=O)c2ccsc2)N=C(c2ccccc2)c2ccccc21. The molecule has 0 bridgehead atoms. The van der Waals surface area contributed by atoms with Gasteiger partial charge in [0.05, 0.1) is 11.4 Å². The van der Waals surface area contributed by atoms with Gasteiger partial charge < -0.3 is 4.90 Å². The Bertz CT molecular complexity index is 994. The van der Waals surface area contributed by atoms with Gasteiger partial charge >= 0.3 is 0 Å². The number of carbonyl (C=O) groups is 2. The number of hydrogen-bond acceptors (Lipinski definition) is 4. The summed E-state index contributed by atoms with van der Waals surface area (Å²) in [6.07, 6.45) is 0. The number of carbonyl (C=O) groups excluding carboxylic acids is 2. The van der Waals surface area contributed by atoms with Gasteiger partial charge in [0.1, 0.15) is 0 Å². The molecule has 3 aromatic rings. The zero-order chi connectivity index (χ0) is 18.1. The van der Waals surface area contributed by atoms with Gasteiger partial charge in [-0.15, -0.1) is 0 Å². The van der Waals surface area contributed by atoms with Crippen molar-refractivity contribution >= 4 is 34.4 Å². The topological polar surface area (TPSA) is 49.7 Å². The second-order valence-electron chi connectivity index (χ2n) is 6.04. The average molecular weight is 360 g/mol. The van der Waals surface area contributed by atoms with E-state index in [1.54, 1.807) is 18.5 Å². The Balaban J connectivity index is 1.92. The van der Waals surface area contributed by atoms with E-state index in [2.05, 4.69) is 4.99 Å². The molecule has 2 heterocycles. The summed E-state index contributed by atoms with van der Waals surface area (Å²) in [7, 11) is 1.69. The van der Waals surface area contributed by atoms with Crippen LogP contribution in [0.2, 0.25) is 0 Å². The standard InChI is InChI=1S/C21H16N2O2S/c1-23-17-10-6-5-9-16(17)18(14-7-3-2-4-8-14)22-19(21(23)25)20(24)15-11-12-26-13-15/h2-13,19H,1H3. The van der Waals surface area contributed by atoms with Crippen LogP contribution in [0.4, 0.5) is 5.69 Å². The Hall–Kier alpha value is -3.05. The minimum atomic E-state index is -1.09. The second kappa shape index (κ2) is 6.69. The van der Waals surface area contributed by atoms with Gasteiger partial charge in [-0.3, -0.25) is 14.6 Å². The smallest absolute Gasteiger partial charge is 0.259 e. The summed E-state index contributed by atoms with van der Waals surface area (Å²) < 4.78 is 0. The molecule has 0 saturated carbocycles. The van der Waals surface area contributed by atoms with E-state index in [0.29, 0.717) is 11.3 Å². The number of fused-ring (bicyclic) bond motifs is 1. The minimum absolute atomic E-state index is 0.274. The minimum Gasteiger partial charge on any atom is -0.313 e. The van der Waals surface area contributed by atoms with Crippen LogP contribution in [-0.2, 0) is 4.79 Å². The van der Waals surface area contributed by atoms with Crippen LogP contribution in [0.1, 0.15) is 21.5 Å². The number of likely N-dealkylation sites (N-methyl/N-ethyl adjacent to an activating group) is 1. The van der Waals surface area contributed by atoms with Crippen molar-refractivity contribution in [3.8, 4) is 0 Å². The first kappa shape index (κ1) is 16.4. The van der Waals surface area contributed by atoms with E-state index in [9.17, 15) is 9.59 Å². The molecule has 0 fully saturated rings. The number of thiophene rings is 1. The van der Waals surface area contributed by atoms with E-state index in [-0.39, 0.29) is 11.7 Å². The number of benzene rings is 2. The number of rotatable bonds is 3. The molecule has 4 rings (SSSR count). The number of aliphatic imine (C=N–C) groups is 1. The highest BCUT2D eigenvalue weighted by Gasteiger charge is 2.35. The molecule has 1 amide bonds. The van der Waals surface area contributed by atoms with E-state index in [1.165, 1.54) is 16.2 Å². The van der Waals surface area contributed by atoms with Crippen molar-refractivity contribution < 1.29 is 9.59 Å². The molecule has 2 aromatic carbocycles. The quantitative estimate of drug-likeness (QED) is 0.527. The van der Waals surface area contributed by atoms with Crippen LogP contribution in [0.15, 0.2) is 76.4 Å². The van der Waals surface area contributed by atoms with Gasteiger partial charge in [-0.25, -0.2) is 0 Å². The number of ketones is 1. The molecule has 0 spiro atoms. The van der Waals surface area contributed by atoms with Crippen LogP contribution in [0, 0.1) is 0 Å². The third-order valence-electron chi connectivity index (χ3n) is 4.44. The Morgan fingerprint density at radius 1 is 1.04 bits per heavy atom. The third kappa shape index (κ3) is 2.76. The number of hydrogen-bond donors (Lipinski definition) is 0. The molecular weight excluding hydrogens is 344 g/mol. The molecule has 0 radical (unpaired) electrons. The highest BCUT2D eigenvalue weighted by Crippen LogP contribution is 2.28. The second-order valence-corrected chi connectivity index (χ2v) is 6.82. The first-order chi connectivity index (χ1) is 12.7. The van der Waals surface area contributed by atoms with Gasteiger partial charge in [0.15, 0.2) is 11.8 Å². The summed E-state index contributed by atoms with van der Waals surface area (Å²) in [6, 6.07) is 17.9. The van der Waals surface area contributed by atoms with Crippen molar-refractivity contribution in [2.75, 3.05) is 11.9 Å². The fraction of sp³-hybridized carbons (Fsp3) is 0.0952. The molecule has 1 aromatic heterocycles. The van der Waals surface area contributed by atoms with E-state index < -0.39 is 6.04 Å². The summed E-state index contributed by atoms with van der Waals surface area (Å²) in [5.41, 5.74) is 3.65. The van der Waals surface area contributed by atoms with Crippen molar-refractivity contribution in [2.24, 2.45) is 4.99 Å². The average Bonchev–Trinajstić information content (AvgIpc) is 3.20. The van der Waals surface area contributed by atoms with Crippen LogP contribution < -0.4 is 4.90 Å². The summed E-state index contributed by atoms with van der Waals surface area (Å²) in [5.74, 6) is -0.594. The van der Waals surface area contributed by atoms with Gasteiger partial charge in [-0.2, -0.15) is 11.3 Å². The summed E-state index contributed by atoms with van der Waals surface area (Å²) in [6.45, 7) is 0. The number of benzodiazepines with no additional fused rings is 1. The Labute approximate surface area is 155 Å². The third-order valence-corrected chi connectivity index (χ3v) is 5.13. The van der Waals surface area contributed by atoms with Gasteiger partial charge in [-0.1, -0.05) is 48.5 Å². The molecular formula is C21H16N2O2S. The maximum Gasteiger partial charge on any atom is 0.259 e. The first-order valence-electron chi connectivity index (χ1n) is 8.23. The molecule has 4 nitrogen and oxygen atoms in total. The molecule has 5 heteroatoms. The molecule has 128 valence electrons. The summed E-state index contributed by atoms with van der Waals surface area (Å²) in [4.78, 5) is 32.2. The summed E-state index contributed by atoms with van der Waals surface area (Å²) >= 11 is 1.43. The van der Waals surface area contributed by atoms with Crippen LogP contribution in [-0.4, -0.2) is 30.5 Å². The van der Waals surface area contributed by atoms with Crippen LogP contribution >= 0.6 is 11.3 Å². The largest absolute Gasteiger partial charge is 0.313 e. The molecule has 26 heavy (non-hydrogen) atoms. The van der Waals surface area contributed by atoms with Crippen molar-refractivity contribution in [1.82, 2.24) is 0 Å². The molecule has 1 aliphatic rings. The van der Waals surface area contributed by atoms with E-state index >= 15 is 0 Å². The Morgan fingerprint density at radius 2 is 1.77 bits per heavy atom. The lowest BCUT2D eigenvalue weighted by atomic mass is 10.0.